The van der Waals surface area contributed by atoms with Crippen molar-refractivity contribution in [1.82, 2.24) is 14.9 Å². The van der Waals surface area contributed by atoms with Gasteiger partial charge >= 0.3 is 0 Å². The third-order valence-corrected chi connectivity index (χ3v) is 4.31. The number of hydrogen-bond acceptors (Lipinski definition) is 1. The van der Waals surface area contributed by atoms with Crippen molar-refractivity contribution in [3.05, 3.63) is 60.0 Å². The van der Waals surface area contributed by atoms with E-state index in [4.69, 9.17) is 0 Å². The maximum Gasteiger partial charge on any atom is 0.256 e. The topological polar surface area (TPSA) is 51.9 Å². The molecule has 3 heterocycles. The number of nitrogens with one attached hydrogen (secondary N) is 2. The Morgan fingerprint density at radius 2 is 2.05 bits per heavy atom. The summed E-state index contributed by atoms with van der Waals surface area (Å²) in [5.74, 6) is 0.115. The van der Waals surface area contributed by atoms with Crippen LogP contribution in [-0.4, -0.2) is 27.3 Å². The van der Waals surface area contributed by atoms with E-state index in [2.05, 4.69) is 16.0 Å². The standard InChI is InChI=1S/C17H17N3O/c21-17(13-11-19-14-6-2-1-5-12(13)14)20-10-4-8-16(20)15-7-3-9-18-15/h1-3,5-7,9,11,16,18-19H,4,8,10H2. The molecule has 1 amide bonds. The molecule has 2 N–H and O–H groups in total. The molecule has 1 aromatic carbocycles. The zero-order valence-corrected chi connectivity index (χ0v) is 11.7. The monoisotopic (exact) mass is 279 g/mol. The van der Waals surface area contributed by atoms with Crippen LogP contribution >= 0.6 is 0 Å². The van der Waals surface area contributed by atoms with E-state index in [0.717, 1.165) is 41.5 Å². The fourth-order valence-corrected chi connectivity index (χ4v) is 3.29. The smallest absolute Gasteiger partial charge is 0.256 e. The summed E-state index contributed by atoms with van der Waals surface area (Å²) < 4.78 is 0. The van der Waals surface area contributed by atoms with E-state index < -0.39 is 0 Å². The van der Waals surface area contributed by atoms with Gasteiger partial charge in [-0.25, -0.2) is 0 Å². The molecule has 0 aliphatic carbocycles. The zero-order chi connectivity index (χ0) is 14.2. The van der Waals surface area contributed by atoms with Gasteiger partial charge in [0.15, 0.2) is 0 Å². The third-order valence-electron chi connectivity index (χ3n) is 4.31. The molecule has 1 aliphatic rings. The fraction of sp³-hybridized carbons (Fsp3) is 0.235. The molecule has 0 spiro atoms. The maximum absolute atomic E-state index is 12.9. The van der Waals surface area contributed by atoms with Gasteiger partial charge in [0.25, 0.3) is 5.91 Å². The number of hydrogen-bond donors (Lipinski definition) is 2. The molecule has 1 aliphatic heterocycles. The molecule has 1 fully saturated rings. The molecular weight excluding hydrogens is 262 g/mol. The van der Waals surface area contributed by atoms with E-state index in [1.54, 1.807) is 0 Å². The largest absolute Gasteiger partial charge is 0.363 e. The second-order valence-electron chi connectivity index (χ2n) is 5.53. The number of aromatic nitrogens is 2. The Kier molecular flexibility index (Phi) is 2.81. The van der Waals surface area contributed by atoms with Crippen molar-refractivity contribution < 1.29 is 4.79 Å². The van der Waals surface area contributed by atoms with Crippen LogP contribution in [0.25, 0.3) is 10.9 Å². The van der Waals surface area contributed by atoms with Crippen molar-refractivity contribution in [2.45, 2.75) is 18.9 Å². The van der Waals surface area contributed by atoms with E-state index in [1.807, 2.05) is 47.6 Å². The zero-order valence-electron chi connectivity index (χ0n) is 11.7. The highest BCUT2D eigenvalue weighted by atomic mass is 16.2. The summed E-state index contributed by atoms with van der Waals surface area (Å²) in [7, 11) is 0. The molecule has 1 saturated heterocycles. The normalized spacial score (nSPS) is 18.5. The SMILES string of the molecule is O=C(c1c[nH]c2ccccc12)N1CCCC1c1ccc[nH]1. The number of likely N-dealkylation sites (tertiary alicyclic amines) is 1. The van der Waals surface area contributed by atoms with Crippen LogP contribution in [0.4, 0.5) is 0 Å². The number of para-hydroxylation sites is 1. The lowest BCUT2D eigenvalue weighted by Crippen LogP contribution is -2.30. The number of rotatable bonds is 2. The molecule has 21 heavy (non-hydrogen) atoms. The summed E-state index contributed by atoms with van der Waals surface area (Å²) >= 11 is 0. The second-order valence-corrected chi connectivity index (χ2v) is 5.53. The van der Waals surface area contributed by atoms with Crippen LogP contribution in [0.5, 0.6) is 0 Å². The van der Waals surface area contributed by atoms with Gasteiger partial charge in [0.1, 0.15) is 0 Å². The predicted octanol–water partition coefficient (Wildman–Crippen LogP) is 3.47. The van der Waals surface area contributed by atoms with Gasteiger partial charge in [0, 0.05) is 35.5 Å². The molecule has 3 aromatic rings. The van der Waals surface area contributed by atoms with Crippen LogP contribution in [0, 0.1) is 0 Å². The summed E-state index contributed by atoms with van der Waals surface area (Å²) in [6.07, 6.45) is 5.82. The third kappa shape index (κ3) is 1.95. The predicted molar refractivity (Wildman–Crippen MR) is 82.1 cm³/mol. The van der Waals surface area contributed by atoms with Crippen molar-refractivity contribution in [3.63, 3.8) is 0 Å². The number of benzene rings is 1. The minimum absolute atomic E-state index is 0.115. The lowest BCUT2D eigenvalue weighted by atomic mass is 10.1. The highest BCUT2D eigenvalue weighted by Gasteiger charge is 2.32. The average molecular weight is 279 g/mol. The van der Waals surface area contributed by atoms with Crippen LogP contribution < -0.4 is 0 Å². The Morgan fingerprint density at radius 1 is 1.14 bits per heavy atom. The first-order valence-electron chi connectivity index (χ1n) is 7.35. The van der Waals surface area contributed by atoms with Crippen molar-refractivity contribution in [2.24, 2.45) is 0 Å². The van der Waals surface area contributed by atoms with E-state index >= 15 is 0 Å². The lowest BCUT2D eigenvalue weighted by molar-refractivity contribution is 0.0735. The first kappa shape index (κ1) is 12.3. The Hall–Kier alpha value is -2.49. The van der Waals surface area contributed by atoms with E-state index in [9.17, 15) is 4.79 Å². The molecule has 0 bridgehead atoms. The summed E-state index contributed by atoms with van der Waals surface area (Å²) in [5.41, 5.74) is 2.90. The molecule has 4 heteroatoms. The fourth-order valence-electron chi connectivity index (χ4n) is 3.29. The van der Waals surface area contributed by atoms with E-state index in [-0.39, 0.29) is 11.9 Å². The van der Waals surface area contributed by atoms with Crippen molar-refractivity contribution in [3.8, 4) is 0 Å². The maximum atomic E-state index is 12.9. The molecule has 0 saturated carbocycles. The van der Waals surface area contributed by atoms with Gasteiger partial charge in [-0.2, -0.15) is 0 Å². The Morgan fingerprint density at radius 3 is 2.90 bits per heavy atom. The van der Waals surface area contributed by atoms with Gasteiger partial charge in [0.2, 0.25) is 0 Å². The molecule has 1 atom stereocenters. The molecular formula is C17H17N3O. The second kappa shape index (κ2) is 4.81. The first-order valence-corrected chi connectivity index (χ1v) is 7.35. The van der Waals surface area contributed by atoms with E-state index in [1.165, 1.54) is 0 Å². The number of carbonyl (C=O) groups excluding carboxylic acids is 1. The average Bonchev–Trinajstić information content (AvgIpc) is 3.25. The number of fused-ring (bicyclic) bond motifs is 1. The van der Waals surface area contributed by atoms with Crippen molar-refractivity contribution >= 4 is 16.8 Å². The minimum Gasteiger partial charge on any atom is -0.363 e. The van der Waals surface area contributed by atoms with Crippen LogP contribution in [0.3, 0.4) is 0 Å². The van der Waals surface area contributed by atoms with E-state index in [0.29, 0.717) is 0 Å². The summed E-state index contributed by atoms with van der Waals surface area (Å²) in [4.78, 5) is 21.3. The number of nitrogens with zero attached hydrogens (tertiary/aromatic N) is 1. The van der Waals surface area contributed by atoms with Gasteiger partial charge in [-0.3, -0.25) is 4.79 Å². The van der Waals surface area contributed by atoms with Crippen molar-refractivity contribution in [2.75, 3.05) is 6.54 Å². The van der Waals surface area contributed by atoms with Crippen molar-refractivity contribution in [1.29, 1.82) is 0 Å². The quantitative estimate of drug-likeness (QED) is 0.741. The Bertz CT molecular complexity index is 772. The molecule has 2 aromatic heterocycles. The number of amides is 1. The lowest BCUT2D eigenvalue weighted by Gasteiger charge is -2.23. The summed E-state index contributed by atoms with van der Waals surface area (Å²) in [6, 6.07) is 12.2. The summed E-state index contributed by atoms with van der Waals surface area (Å²) in [5, 5.41) is 1.000. The number of aromatic amines is 2. The molecule has 4 nitrogen and oxygen atoms in total. The highest BCUT2D eigenvalue weighted by Crippen LogP contribution is 2.33. The minimum atomic E-state index is 0.115. The van der Waals surface area contributed by atoms with Crippen LogP contribution in [0.15, 0.2) is 48.8 Å². The molecule has 106 valence electrons. The van der Waals surface area contributed by atoms with Gasteiger partial charge in [0.05, 0.1) is 11.6 Å². The van der Waals surface area contributed by atoms with Crippen LogP contribution in [-0.2, 0) is 0 Å². The Balaban J connectivity index is 1.71. The van der Waals surface area contributed by atoms with Crippen LogP contribution in [0.2, 0.25) is 0 Å². The van der Waals surface area contributed by atoms with Gasteiger partial charge < -0.3 is 14.9 Å². The molecule has 4 rings (SSSR count). The van der Waals surface area contributed by atoms with Gasteiger partial charge in [-0.1, -0.05) is 18.2 Å². The number of H-pyrrole nitrogens is 2. The first-order chi connectivity index (χ1) is 10.3. The summed E-state index contributed by atoms with van der Waals surface area (Å²) in [6.45, 7) is 0.821. The van der Waals surface area contributed by atoms with Gasteiger partial charge in [-0.15, -0.1) is 0 Å². The molecule has 0 radical (unpaired) electrons. The Labute approximate surface area is 122 Å². The highest BCUT2D eigenvalue weighted by molar-refractivity contribution is 6.06. The number of carbonyl (C=O) groups is 1. The van der Waals surface area contributed by atoms with Gasteiger partial charge in [-0.05, 0) is 31.0 Å². The molecule has 1 unspecified atom stereocenters. The van der Waals surface area contributed by atoms with Crippen LogP contribution in [0.1, 0.15) is 34.9 Å².